The molecule has 2 N–H and O–H groups in total. The average Bonchev–Trinajstić information content (AvgIpc) is 2.86. The van der Waals surface area contributed by atoms with E-state index in [4.69, 9.17) is 5.73 Å². The first kappa shape index (κ1) is 13.2. The van der Waals surface area contributed by atoms with Gasteiger partial charge in [-0.2, -0.15) is 0 Å². The van der Waals surface area contributed by atoms with Gasteiger partial charge in [0.1, 0.15) is 0 Å². The Morgan fingerprint density at radius 2 is 2.22 bits per heavy atom. The molecular weight excluding hydrogens is 242 g/mol. The molecule has 0 aromatic carbocycles. The highest BCUT2D eigenvalue weighted by molar-refractivity contribution is 7.09. The molecule has 2 rings (SSSR count). The van der Waals surface area contributed by atoms with Crippen LogP contribution in [0.25, 0.3) is 11.3 Å². The van der Waals surface area contributed by atoms with Crippen LogP contribution < -0.4 is 5.73 Å². The molecule has 0 bridgehead atoms. The van der Waals surface area contributed by atoms with Gasteiger partial charge < -0.3 is 5.73 Å². The minimum absolute atomic E-state index is 0.195. The lowest BCUT2D eigenvalue weighted by Crippen LogP contribution is -2.23. The first-order chi connectivity index (χ1) is 8.61. The molecule has 2 aromatic heterocycles. The highest BCUT2D eigenvalue weighted by Gasteiger charge is 2.16. The Hall–Kier alpha value is -1.26. The van der Waals surface area contributed by atoms with E-state index in [1.54, 1.807) is 17.5 Å². The molecule has 2 aromatic rings. The van der Waals surface area contributed by atoms with Crippen molar-refractivity contribution in [2.45, 2.75) is 26.7 Å². The summed E-state index contributed by atoms with van der Waals surface area (Å²) >= 11 is 1.72. The lowest BCUT2D eigenvalue weighted by molar-refractivity contribution is 0.348. The van der Waals surface area contributed by atoms with Crippen LogP contribution in [0.15, 0.2) is 29.9 Å². The molecule has 0 radical (unpaired) electrons. The van der Waals surface area contributed by atoms with Crippen molar-refractivity contribution < 1.29 is 0 Å². The predicted octanol–water partition coefficient (Wildman–Crippen LogP) is 3.12. The molecular formula is C14H19N3S. The number of rotatable bonds is 5. The number of pyridine rings is 1. The molecule has 0 saturated carbocycles. The first-order valence-corrected chi connectivity index (χ1v) is 7.03. The van der Waals surface area contributed by atoms with E-state index in [9.17, 15) is 0 Å². The minimum atomic E-state index is 0.195. The van der Waals surface area contributed by atoms with Crippen LogP contribution in [0.1, 0.15) is 25.3 Å². The zero-order valence-corrected chi connectivity index (χ0v) is 11.7. The Balaban J connectivity index is 2.03. The molecule has 2 heterocycles. The van der Waals surface area contributed by atoms with E-state index in [1.165, 1.54) is 5.01 Å². The highest BCUT2D eigenvalue weighted by Crippen LogP contribution is 2.25. The van der Waals surface area contributed by atoms with Crippen molar-refractivity contribution in [3.05, 3.63) is 34.9 Å². The van der Waals surface area contributed by atoms with E-state index in [2.05, 4.69) is 29.2 Å². The van der Waals surface area contributed by atoms with Crippen LogP contribution in [0.2, 0.25) is 0 Å². The Morgan fingerprint density at radius 1 is 1.39 bits per heavy atom. The summed E-state index contributed by atoms with van der Waals surface area (Å²) in [6, 6.07) is 3.97. The van der Waals surface area contributed by atoms with Crippen molar-refractivity contribution in [1.82, 2.24) is 9.97 Å². The number of nitrogens with two attached hydrogens (primary N) is 1. The van der Waals surface area contributed by atoms with Gasteiger partial charge in [0.15, 0.2) is 0 Å². The van der Waals surface area contributed by atoms with Gasteiger partial charge in [-0.15, -0.1) is 11.3 Å². The fourth-order valence-corrected chi connectivity index (χ4v) is 2.43. The third kappa shape index (κ3) is 3.37. The van der Waals surface area contributed by atoms with Gasteiger partial charge in [-0.1, -0.05) is 13.8 Å². The minimum Gasteiger partial charge on any atom is -0.330 e. The number of nitrogens with zero attached hydrogens (tertiary/aromatic N) is 2. The number of aryl methyl sites for hydroxylation is 1. The second kappa shape index (κ2) is 5.59. The summed E-state index contributed by atoms with van der Waals surface area (Å²) in [7, 11) is 0. The van der Waals surface area contributed by atoms with Gasteiger partial charge in [-0.3, -0.25) is 4.98 Å². The third-order valence-corrected chi connectivity index (χ3v) is 3.99. The largest absolute Gasteiger partial charge is 0.330 e. The van der Waals surface area contributed by atoms with E-state index in [0.29, 0.717) is 6.54 Å². The van der Waals surface area contributed by atoms with E-state index in [1.807, 2.05) is 18.3 Å². The Kier molecular flexibility index (Phi) is 4.09. The zero-order chi connectivity index (χ0) is 13.0. The lowest BCUT2D eigenvalue weighted by atomic mass is 9.88. The first-order valence-electron chi connectivity index (χ1n) is 6.16. The second-order valence-corrected chi connectivity index (χ2v) is 6.18. The maximum absolute atomic E-state index is 5.74. The Bertz CT molecular complexity index is 491. The number of hydrogen-bond acceptors (Lipinski definition) is 4. The van der Waals surface area contributed by atoms with E-state index < -0.39 is 0 Å². The van der Waals surface area contributed by atoms with E-state index in [-0.39, 0.29) is 5.41 Å². The van der Waals surface area contributed by atoms with Gasteiger partial charge in [-0.05, 0) is 36.9 Å². The third-order valence-electron chi connectivity index (χ3n) is 3.08. The molecule has 0 fully saturated rings. The molecule has 0 aliphatic carbocycles. The van der Waals surface area contributed by atoms with Gasteiger partial charge >= 0.3 is 0 Å². The molecule has 4 heteroatoms. The van der Waals surface area contributed by atoms with Crippen molar-refractivity contribution in [1.29, 1.82) is 0 Å². The molecule has 96 valence electrons. The van der Waals surface area contributed by atoms with Gasteiger partial charge in [0.25, 0.3) is 0 Å². The molecule has 0 saturated heterocycles. The SMILES string of the molecule is CC(C)(CN)CCc1nc(-c2cccnc2)cs1. The summed E-state index contributed by atoms with van der Waals surface area (Å²) in [4.78, 5) is 8.77. The zero-order valence-electron chi connectivity index (χ0n) is 10.9. The van der Waals surface area contributed by atoms with Gasteiger partial charge in [0.05, 0.1) is 10.7 Å². The fraction of sp³-hybridized carbons (Fsp3) is 0.429. The van der Waals surface area contributed by atoms with Crippen LogP contribution in [-0.2, 0) is 6.42 Å². The van der Waals surface area contributed by atoms with Crippen LogP contribution in [0.4, 0.5) is 0 Å². The van der Waals surface area contributed by atoms with E-state index in [0.717, 1.165) is 24.1 Å². The van der Waals surface area contributed by atoms with Crippen LogP contribution in [0, 0.1) is 5.41 Å². The maximum Gasteiger partial charge on any atom is 0.0932 e. The summed E-state index contributed by atoms with van der Waals surface area (Å²) in [5.41, 5.74) is 8.04. The quantitative estimate of drug-likeness (QED) is 0.899. The monoisotopic (exact) mass is 261 g/mol. The normalized spacial score (nSPS) is 11.7. The van der Waals surface area contributed by atoms with E-state index >= 15 is 0 Å². The summed E-state index contributed by atoms with van der Waals surface area (Å²) in [6.45, 7) is 5.11. The van der Waals surface area contributed by atoms with Gasteiger partial charge in [-0.25, -0.2) is 4.98 Å². The molecule has 0 aliphatic rings. The Morgan fingerprint density at radius 3 is 2.89 bits per heavy atom. The van der Waals surface area contributed by atoms with Crippen molar-refractivity contribution >= 4 is 11.3 Å². The van der Waals surface area contributed by atoms with Crippen LogP contribution >= 0.6 is 11.3 Å². The average molecular weight is 261 g/mol. The van der Waals surface area contributed by atoms with Crippen LogP contribution in [0.5, 0.6) is 0 Å². The topological polar surface area (TPSA) is 51.8 Å². The molecule has 18 heavy (non-hydrogen) atoms. The van der Waals surface area contributed by atoms with Crippen molar-refractivity contribution in [3.63, 3.8) is 0 Å². The molecule has 0 atom stereocenters. The predicted molar refractivity (Wildman–Crippen MR) is 76.5 cm³/mol. The molecule has 0 unspecified atom stereocenters. The molecule has 3 nitrogen and oxygen atoms in total. The lowest BCUT2D eigenvalue weighted by Gasteiger charge is -2.21. The van der Waals surface area contributed by atoms with Crippen molar-refractivity contribution in [3.8, 4) is 11.3 Å². The van der Waals surface area contributed by atoms with Crippen LogP contribution in [0.3, 0.4) is 0 Å². The van der Waals surface area contributed by atoms with Crippen LogP contribution in [-0.4, -0.2) is 16.5 Å². The fourth-order valence-electron chi connectivity index (χ4n) is 1.62. The molecule has 0 spiro atoms. The standard InChI is InChI=1S/C14H19N3S/c1-14(2,10-15)6-5-13-17-12(9-18-13)11-4-3-7-16-8-11/h3-4,7-9H,5-6,10,15H2,1-2H3. The summed E-state index contributed by atoms with van der Waals surface area (Å²) < 4.78 is 0. The van der Waals surface area contributed by atoms with Gasteiger partial charge in [0.2, 0.25) is 0 Å². The summed E-state index contributed by atoms with van der Waals surface area (Å²) in [5, 5.41) is 3.28. The molecule has 0 amide bonds. The summed E-state index contributed by atoms with van der Waals surface area (Å²) in [6.07, 6.45) is 5.70. The smallest absolute Gasteiger partial charge is 0.0932 e. The number of thiazole rings is 1. The maximum atomic E-state index is 5.74. The van der Waals surface area contributed by atoms with Gasteiger partial charge in [0, 0.05) is 23.3 Å². The highest BCUT2D eigenvalue weighted by atomic mass is 32.1. The van der Waals surface area contributed by atoms with Crippen molar-refractivity contribution in [2.75, 3.05) is 6.54 Å². The Labute approximate surface area is 112 Å². The number of aromatic nitrogens is 2. The molecule has 0 aliphatic heterocycles. The second-order valence-electron chi connectivity index (χ2n) is 5.24. The number of hydrogen-bond donors (Lipinski definition) is 1. The van der Waals surface area contributed by atoms with Crippen molar-refractivity contribution in [2.24, 2.45) is 11.1 Å². The summed E-state index contributed by atoms with van der Waals surface area (Å²) in [5.74, 6) is 0.